The van der Waals surface area contributed by atoms with Crippen LogP contribution in [-0.4, -0.2) is 44.2 Å². The summed E-state index contributed by atoms with van der Waals surface area (Å²) in [5.74, 6) is 2.11. The van der Waals surface area contributed by atoms with Gasteiger partial charge in [0, 0.05) is 29.8 Å². The minimum Gasteiger partial charge on any atom is -0.493 e. The van der Waals surface area contributed by atoms with Gasteiger partial charge >= 0.3 is 0 Å². The Morgan fingerprint density at radius 1 is 0.973 bits per heavy atom. The zero-order chi connectivity index (χ0) is 26.2. The van der Waals surface area contributed by atoms with Crippen LogP contribution >= 0.6 is 0 Å². The molecule has 0 heterocycles. The lowest BCUT2D eigenvalue weighted by atomic mass is 9.80. The van der Waals surface area contributed by atoms with E-state index in [0.717, 1.165) is 63.0 Å². The third-order valence-electron chi connectivity index (χ3n) is 7.84. The van der Waals surface area contributed by atoms with Gasteiger partial charge in [-0.25, -0.2) is 0 Å². The number of aryl methyl sites for hydroxylation is 1. The number of hydrogen-bond acceptors (Lipinski definition) is 4. The number of likely N-dealkylation sites (N-methyl/N-ethyl adjacent to an activating group) is 1. The van der Waals surface area contributed by atoms with Gasteiger partial charge in [-0.3, -0.25) is 4.79 Å². The maximum Gasteiger partial charge on any atom is 0.251 e. The predicted octanol–water partition coefficient (Wildman–Crippen LogP) is 6.89. The van der Waals surface area contributed by atoms with E-state index in [1.165, 1.54) is 16.7 Å². The first-order valence-corrected chi connectivity index (χ1v) is 13.8. The predicted molar refractivity (Wildman–Crippen MR) is 152 cm³/mol. The van der Waals surface area contributed by atoms with Crippen molar-refractivity contribution in [2.24, 2.45) is 5.92 Å². The van der Waals surface area contributed by atoms with Crippen LogP contribution in [0.4, 0.5) is 5.69 Å². The molecule has 2 atom stereocenters. The van der Waals surface area contributed by atoms with Crippen molar-refractivity contribution < 1.29 is 14.3 Å². The second-order valence-corrected chi connectivity index (χ2v) is 10.1. The fourth-order valence-corrected chi connectivity index (χ4v) is 5.53. The SMILES string of the molecule is CCN(CC)CCOc1cc(NC(=O)C2=C3CCC(c4ccc(C)cc4)C=CC3CCC2)ccc1OC. The molecule has 0 radical (unpaired) electrons. The summed E-state index contributed by atoms with van der Waals surface area (Å²) < 4.78 is 11.6. The highest BCUT2D eigenvalue weighted by atomic mass is 16.5. The van der Waals surface area contributed by atoms with Gasteiger partial charge in [-0.1, -0.05) is 61.4 Å². The van der Waals surface area contributed by atoms with Gasteiger partial charge in [0.2, 0.25) is 0 Å². The summed E-state index contributed by atoms with van der Waals surface area (Å²) in [6.07, 6.45) is 9.72. The molecule has 0 fully saturated rings. The summed E-state index contributed by atoms with van der Waals surface area (Å²) >= 11 is 0. The molecule has 2 aliphatic carbocycles. The van der Waals surface area contributed by atoms with Crippen LogP contribution in [0, 0.1) is 12.8 Å². The van der Waals surface area contributed by atoms with Crippen molar-refractivity contribution in [2.45, 2.75) is 58.8 Å². The van der Waals surface area contributed by atoms with Crippen LogP contribution in [0.5, 0.6) is 11.5 Å². The molecular weight excluding hydrogens is 460 g/mol. The molecule has 1 amide bonds. The highest BCUT2D eigenvalue weighted by molar-refractivity contribution is 6.04. The number of carbonyl (C=O) groups is 1. The summed E-state index contributed by atoms with van der Waals surface area (Å²) in [5.41, 5.74) is 5.66. The first-order chi connectivity index (χ1) is 18.0. The summed E-state index contributed by atoms with van der Waals surface area (Å²) in [6, 6.07) is 14.5. The molecule has 2 aromatic rings. The molecule has 0 saturated heterocycles. The molecule has 1 N–H and O–H groups in total. The van der Waals surface area contributed by atoms with Gasteiger partial charge in [-0.05, 0) is 75.7 Å². The molecule has 0 saturated carbocycles. The number of rotatable bonds is 10. The Labute approximate surface area is 222 Å². The summed E-state index contributed by atoms with van der Waals surface area (Å²) in [7, 11) is 1.64. The Bertz CT molecular complexity index is 1120. The number of nitrogens with zero attached hydrogens (tertiary/aromatic N) is 1. The molecule has 0 aliphatic heterocycles. The Balaban J connectivity index is 1.47. The molecule has 198 valence electrons. The molecule has 4 rings (SSSR count). The van der Waals surface area contributed by atoms with Crippen LogP contribution in [0.25, 0.3) is 0 Å². The second kappa shape index (κ2) is 13.0. The zero-order valence-electron chi connectivity index (χ0n) is 22.9. The third kappa shape index (κ3) is 6.84. The van der Waals surface area contributed by atoms with Crippen LogP contribution in [0.1, 0.15) is 63.0 Å². The van der Waals surface area contributed by atoms with Crippen molar-refractivity contribution in [3.8, 4) is 11.5 Å². The van der Waals surface area contributed by atoms with Crippen molar-refractivity contribution in [1.29, 1.82) is 0 Å². The molecule has 2 aromatic carbocycles. The Morgan fingerprint density at radius 3 is 2.46 bits per heavy atom. The Hall–Kier alpha value is -3.05. The van der Waals surface area contributed by atoms with Gasteiger partial charge in [-0.2, -0.15) is 0 Å². The van der Waals surface area contributed by atoms with Gasteiger partial charge in [0.15, 0.2) is 11.5 Å². The van der Waals surface area contributed by atoms with Crippen molar-refractivity contribution in [2.75, 3.05) is 38.7 Å². The Kier molecular flexibility index (Phi) is 9.45. The van der Waals surface area contributed by atoms with Crippen molar-refractivity contribution in [3.05, 3.63) is 76.9 Å². The fourth-order valence-electron chi connectivity index (χ4n) is 5.53. The van der Waals surface area contributed by atoms with E-state index in [9.17, 15) is 4.79 Å². The maximum atomic E-state index is 13.5. The van der Waals surface area contributed by atoms with Crippen LogP contribution in [0.2, 0.25) is 0 Å². The molecule has 0 spiro atoms. The van der Waals surface area contributed by atoms with Gasteiger partial charge < -0.3 is 19.7 Å². The molecule has 5 nitrogen and oxygen atoms in total. The molecule has 2 aliphatic rings. The van der Waals surface area contributed by atoms with Gasteiger partial charge in [-0.15, -0.1) is 0 Å². The van der Waals surface area contributed by atoms with Crippen molar-refractivity contribution in [1.82, 2.24) is 4.90 Å². The van der Waals surface area contributed by atoms with Crippen LogP contribution in [0.15, 0.2) is 65.8 Å². The van der Waals surface area contributed by atoms with Crippen LogP contribution < -0.4 is 14.8 Å². The van der Waals surface area contributed by atoms with E-state index in [2.05, 4.69) is 67.4 Å². The zero-order valence-corrected chi connectivity index (χ0v) is 22.9. The van der Waals surface area contributed by atoms with Crippen molar-refractivity contribution in [3.63, 3.8) is 0 Å². The van der Waals surface area contributed by atoms with E-state index in [4.69, 9.17) is 9.47 Å². The summed E-state index contributed by atoms with van der Waals surface area (Å²) in [4.78, 5) is 15.8. The maximum absolute atomic E-state index is 13.5. The number of fused-ring (bicyclic) bond motifs is 1. The van der Waals surface area contributed by atoms with E-state index in [-0.39, 0.29) is 5.91 Å². The van der Waals surface area contributed by atoms with E-state index in [1.54, 1.807) is 7.11 Å². The summed E-state index contributed by atoms with van der Waals surface area (Å²) in [6.45, 7) is 9.83. The Morgan fingerprint density at radius 2 is 1.73 bits per heavy atom. The highest BCUT2D eigenvalue weighted by Gasteiger charge is 2.28. The average Bonchev–Trinajstić information content (AvgIpc) is 3.14. The number of anilines is 1. The van der Waals surface area contributed by atoms with E-state index in [1.807, 2.05) is 18.2 Å². The number of hydrogen-bond donors (Lipinski definition) is 1. The molecule has 0 bridgehead atoms. The number of ether oxygens (including phenoxy) is 2. The minimum atomic E-state index is 0.0149. The van der Waals surface area contributed by atoms with Gasteiger partial charge in [0.25, 0.3) is 5.91 Å². The highest BCUT2D eigenvalue weighted by Crippen LogP contribution is 2.40. The number of allylic oxidation sites excluding steroid dienone is 3. The number of benzene rings is 2. The topological polar surface area (TPSA) is 50.8 Å². The van der Waals surface area contributed by atoms with Gasteiger partial charge in [0.1, 0.15) is 6.61 Å². The minimum absolute atomic E-state index is 0.0149. The second-order valence-electron chi connectivity index (χ2n) is 10.1. The lowest BCUT2D eigenvalue weighted by molar-refractivity contribution is -0.113. The lowest BCUT2D eigenvalue weighted by Gasteiger charge is -2.25. The van der Waals surface area contributed by atoms with Gasteiger partial charge in [0.05, 0.1) is 7.11 Å². The first-order valence-electron chi connectivity index (χ1n) is 13.8. The molecular formula is C32H42N2O3. The average molecular weight is 503 g/mol. The number of methoxy groups -OCH3 is 1. The standard InChI is InChI=1S/C32H42N2O3/c1-5-34(6-2)20-21-37-31-22-27(17-19-30(31)36-4)33-32(35)29-9-7-8-26-15-14-25(16-18-28(26)29)24-12-10-23(3)11-13-24/h10-15,17,19,22,25-26H,5-9,16,18,20-21H2,1-4H3,(H,33,35). The van der Waals surface area contributed by atoms with Crippen molar-refractivity contribution >= 4 is 11.6 Å². The molecule has 0 aromatic heterocycles. The van der Waals surface area contributed by atoms with E-state index >= 15 is 0 Å². The monoisotopic (exact) mass is 502 g/mol. The quantitative estimate of drug-likeness (QED) is 0.359. The smallest absolute Gasteiger partial charge is 0.251 e. The van der Waals surface area contributed by atoms with E-state index in [0.29, 0.717) is 29.9 Å². The fraction of sp³-hybridized carbons (Fsp3) is 0.469. The third-order valence-corrected chi connectivity index (χ3v) is 7.84. The molecule has 5 heteroatoms. The van der Waals surface area contributed by atoms with Crippen LogP contribution in [0.3, 0.4) is 0 Å². The number of nitrogens with one attached hydrogen (secondary N) is 1. The number of amides is 1. The normalized spacial score (nSPS) is 19.4. The number of carbonyl (C=O) groups excluding carboxylic acids is 1. The molecule has 2 unspecified atom stereocenters. The lowest BCUT2D eigenvalue weighted by Crippen LogP contribution is -2.28. The van der Waals surface area contributed by atoms with Crippen LogP contribution in [-0.2, 0) is 4.79 Å². The molecule has 37 heavy (non-hydrogen) atoms. The first kappa shape index (κ1) is 27.0. The summed E-state index contributed by atoms with van der Waals surface area (Å²) in [5, 5.41) is 3.16. The van der Waals surface area contributed by atoms with E-state index < -0.39 is 0 Å². The largest absolute Gasteiger partial charge is 0.493 e.